The van der Waals surface area contributed by atoms with E-state index in [4.69, 9.17) is 0 Å². The third-order valence-electron chi connectivity index (χ3n) is 1.67. The highest BCUT2D eigenvalue weighted by Crippen LogP contribution is 2.14. The minimum absolute atomic E-state index is 0.328. The fraction of sp³-hybridized carbons (Fsp3) is 0.571. The van der Waals surface area contributed by atoms with Crippen molar-refractivity contribution in [3.63, 3.8) is 0 Å². The maximum Gasteiger partial charge on any atom is 0.318 e. The molecule has 5 heteroatoms. The maximum atomic E-state index is 11.1. The fourth-order valence-corrected chi connectivity index (χ4v) is 0.998. The number of hydrogen-bond acceptors (Lipinski definition) is 4. The molecule has 0 aromatic heterocycles. The molecule has 65 valence electrons. The number of amides is 1. The average Bonchev–Trinajstić information content (AvgIpc) is 2.03. The number of carbonyl (C=O) groups excluding carboxylic acids is 2. The summed E-state index contributed by atoms with van der Waals surface area (Å²) in [4.78, 5) is 22.1. The molecule has 1 aliphatic rings. The first-order chi connectivity index (χ1) is 5.66. The molecule has 0 aliphatic carbocycles. The number of hydrogen-bond donors (Lipinski definition) is 1. The Kier molecular flexibility index (Phi) is 2.42. The molecule has 0 saturated carbocycles. The molecule has 2 unspecified atom stereocenters. The normalized spacial score (nSPS) is 28.0. The molecule has 1 aliphatic heterocycles. The molecule has 0 aromatic carbocycles. The molecule has 0 fully saturated rings. The van der Waals surface area contributed by atoms with Crippen molar-refractivity contribution in [2.45, 2.75) is 6.92 Å². The summed E-state index contributed by atoms with van der Waals surface area (Å²) in [5.74, 6) is -2.13. The minimum Gasteiger partial charge on any atom is -0.468 e. The monoisotopic (exact) mass is 169 g/mol. The van der Waals surface area contributed by atoms with Crippen molar-refractivity contribution in [2.75, 3.05) is 7.11 Å². The van der Waals surface area contributed by atoms with Crippen LogP contribution < -0.4 is 5.43 Å². The number of nitrogens with one attached hydrogen (secondary N) is 1. The van der Waals surface area contributed by atoms with E-state index in [9.17, 15) is 9.59 Å². The number of rotatable bonds is 1. The van der Waals surface area contributed by atoms with Crippen LogP contribution in [0.2, 0.25) is 0 Å². The van der Waals surface area contributed by atoms with Crippen LogP contribution in [0.4, 0.5) is 0 Å². The molecule has 5 nitrogen and oxygen atoms in total. The lowest BCUT2D eigenvalue weighted by atomic mass is 9.93. The largest absolute Gasteiger partial charge is 0.468 e. The second-order valence-corrected chi connectivity index (χ2v) is 2.51. The van der Waals surface area contributed by atoms with Crippen LogP contribution in [0.1, 0.15) is 6.92 Å². The third kappa shape index (κ3) is 1.44. The van der Waals surface area contributed by atoms with E-state index in [1.165, 1.54) is 7.11 Å². The Labute approximate surface area is 69.8 Å². The molecule has 0 saturated heterocycles. The summed E-state index contributed by atoms with van der Waals surface area (Å²) in [5, 5.41) is 3.45. The van der Waals surface area contributed by atoms with Gasteiger partial charge in [-0.15, -0.1) is 0 Å². The molecule has 1 radical (unpaired) electrons. The molecule has 0 aromatic rings. The Bertz CT molecular complexity index is 237. The van der Waals surface area contributed by atoms with Gasteiger partial charge in [0.2, 0.25) is 0 Å². The van der Waals surface area contributed by atoms with Crippen molar-refractivity contribution < 1.29 is 14.3 Å². The highest BCUT2D eigenvalue weighted by Gasteiger charge is 2.34. The van der Waals surface area contributed by atoms with Crippen LogP contribution in [-0.2, 0) is 14.3 Å². The molecule has 1 heterocycles. The molecule has 2 atom stereocenters. The molecule has 1 N–H and O–H groups in total. The highest BCUT2D eigenvalue weighted by atomic mass is 16.5. The maximum absolute atomic E-state index is 11.1. The summed E-state index contributed by atoms with van der Waals surface area (Å²) >= 11 is 0. The molecule has 1 rings (SSSR count). The van der Waals surface area contributed by atoms with Gasteiger partial charge in [-0.25, -0.2) is 5.43 Å². The zero-order chi connectivity index (χ0) is 9.14. The van der Waals surface area contributed by atoms with E-state index >= 15 is 0 Å². The van der Waals surface area contributed by atoms with Crippen LogP contribution in [0.5, 0.6) is 0 Å². The van der Waals surface area contributed by atoms with E-state index in [0.717, 1.165) is 0 Å². The lowest BCUT2D eigenvalue weighted by Gasteiger charge is -2.19. The van der Waals surface area contributed by atoms with Crippen molar-refractivity contribution in [1.29, 1.82) is 0 Å². The predicted molar refractivity (Wildman–Crippen MR) is 40.2 cm³/mol. The van der Waals surface area contributed by atoms with Crippen LogP contribution in [0, 0.1) is 11.8 Å². The Morgan fingerprint density at radius 1 is 1.75 bits per heavy atom. The van der Waals surface area contributed by atoms with Crippen LogP contribution in [0.15, 0.2) is 5.10 Å². The first-order valence-electron chi connectivity index (χ1n) is 3.49. The smallest absolute Gasteiger partial charge is 0.318 e. The van der Waals surface area contributed by atoms with Crippen molar-refractivity contribution in [1.82, 2.24) is 5.43 Å². The third-order valence-corrected chi connectivity index (χ3v) is 1.67. The summed E-state index contributed by atoms with van der Waals surface area (Å²) in [6, 6.07) is 0. The Hall–Kier alpha value is -1.39. The number of carbonyl (C=O) groups is 2. The lowest BCUT2D eigenvalue weighted by molar-refractivity contribution is -0.151. The lowest BCUT2D eigenvalue weighted by Crippen LogP contribution is -2.41. The summed E-state index contributed by atoms with van der Waals surface area (Å²) in [6.07, 6.45) is 2.57. The molecule has 1 amide bonds. The predicted octanol–water partition coefficient (Wildman–Crippen LogP) is -0.596. The molecule has 0 bridgehead atoms. The van der Waals surface area contributed by atoms with Crippen LogP contribution in [0.3, 0.4) is 0 Å². The number of esters is 1. The van der Waals surface area contributed by atoms with Crippen molar-refractivity contribution in [2.24, 2.45) is 16.9 Å². The van der Waals surface area contributed by atoms with Gasteiger partial charge in [-0.2, -0.15) is 5.10 Å². The van der Waals surface area contributed by atoms with Gasteiger partial charge in [0.1, 0.15) is 5.92 Å². The summed E-state index contributed by atoms with van der Waals surface area (Å²) in [7, 11) is 1.24. The minimum atomic E-state index is -0.813. The van der Waals surface area contributed by atoms with Gasteiger partial charge in [-0.3, -0.25) is 9.59 Å². The van der Waals surface area contributed by atoms with Crippen molar-refractivity contribution >= 4 is 18.1 Å². The van der Waals surface area contributed by atoms with Gasteiger partial charge in [0.15, 0.2) is 0 Å². The van der Waals surface area contributed by atoms with Crippen LogP contribution in [-0.4, -0.2) is 25.2 Å². The number of nitrogens with zero attached hydrogens (tertiary/aromatic N) is 1. The van der Waals surface area contributed by atoms with Gasteiger partial charge in [0, 0.05) is 5.92 Å². The Morgan fingerprint density at radius 3 is 2.92 bits per heavy atom. The zero-order valence-corrected chi connectivity index (χ0v) is 6.83. The number of methoxy groups -OCH3 is 1. The van der Waals surface area contributed by atoms with E-state index in [2.05, 4.69) is 21.5 Å². The molecule has 12 heavy (non-hydrogen) atoms. The topological polar surface area (TPSA) is 67.8 Å². The fourth-order valence-electron chi connectivity index (χ4n) is 0.998. The van der Waals surface area contributed by atoms with E-state index in [1.54, 1.807) is 6.92 Å². The van der Waals surface area contributed by atoms with Gasteiger partial charge in [0.25, 0.3) is 5.91 Å². The highest BCUT2D eigenvalue weighted by molar-refractivity contribution is 6.01. The second kappa shape index (κ2) is 3.34. The Morgan fingerprint density at radius 2 is 2.42 bits per heavy atom. The van der Waals surface area contributed by atoms with E-state index in [1.807, 2.05) is 0 Å². The SMILES string of the molecule is COC(=O)C1C(=O)NN=[C]C1C. The quantitative estimate of drug-likeness (QED) is 0.421. The van der Waals surface area contributed by atoms with Crippen LogP contribution in [0.25, 0.3) is 0 Å². The summed E-state index contributed by atoms with van der Waals surface area (Å²) in [5.41, 5.74) is 2.15. The van der Waals surface area contributed by atoms with Gasteiger partial charge >= 0.3 is 5.97 Å². The number of hydrazone groups is 1. The Balaban J connectivity index is 2.79. The molecular weight excluding hydrogens is 160 g/mol. The first-order valence-corrected chi connectivity index (χ1v) is 3.49. The van der Waals surface area contributed by atoms with E-state index in [-0.39, 0.29) is 5.92 Å². The van der Waals surface area contributed by atoms with Gasteiger partial charge in [-0.05, 0) is 0 Å². The van der Waals surface area contributed by atoms with Crippen molar-refractivity contribution in [3.05, 3.63) is 0 Å². The first kappa shape index (κ1) is 8.70. The van der Waals surface area contributed by atoms with Gasteiger partial charge in [-0.1, -0.05) is 6.92 Å². The molecule has 0 spiro atoms. The zero-order valence-electron chi connectivity index (χ0n) is 6.83. The van der Waals surface area contributed by atoms with E-state index < -0.39 is 17.8 Å². The van der Waals surface area contributed by atoms with Gasteiger partial charge in [0.05, 0.1) is 13.3 Å². The summed E-state index contributed by atoms with van der Waals surface area (Å²) in [6.45, 7) is 1.68. The summed E-state index contributed by atoms with van der Waals surface area (Å²) < 4.78 is 4.45. The van der Waals surface area contributed by atoms with Crippen LogP contribution >= 0.6 is 0 Å². The van der Waals surface area contributed by atoms with Crippen molar-refractivity contribution in [3.8, 4) is 0 Å². The van der Waals surface area contributed by atoms with E-state index in [0.29, 0.717) is 0 Å². The molecular formula is C7H9N2O3. The average molecular weight is 169 g/mol. The second-order valence-electron chi connectivity index (χ2n) is 2.51. The standard InChI is InChI=1S/C7H9N2O3/c1-4-3-8-9-6(10)5(4)7(11)12-2/h4-5H,1-2H3,(H,9,10). The van der Waals surface area contributed by atoms with Gasteiger partial charge < -0.3 is 4.74 Å². The number of ether oxygens (including phenoxy) is 1.